The molecule has 0 radical (unpaired) electrons. The van der Waals surface area contributed by atoms with Crippen molar-refractivity contribution in [3.63, 3.8) is 0 Å². The zero-order valence-corrected chi connectivity index (χ0v) is 12.2. The van der Waals surface area contributed by atoms with Gasteiger partial charge in [0.25, 0.3) is 0 Å². The summed E-state index contributed by atoms with van der Waals surface area (Å²) >= 11 is 6.12. The number of nitrogens with one attached hydrogen (secondary N) is 1. The van der Waals surface area contributed by atoms with Crippen LogP contribution in [0.4, 0.5) is 5.82 Å². The van der Waals surface area contributed by atoms with E-state index in [-0.39, 0.29) is 0 Å². The van der Waals surface area contributed by atoms with E-state index in [1.165, 1.54) is 19.3 Å². The number of nitrogens with zero attached hydrogens (tertiary/aromatic N) is 2. The van der Waals surface area contributed by atoms with Gasteiger partial charge in [0.2, 0.25) is 0 Å². The fourth-order valence-corrected chi connectivity index (χ4v) is 3.06. The van der Waals surface area contributed by atoms with Crippen LogP contribution < -0.4 is 5.32 Å². The van der Waals surface area contributed by atoms with Crippen LogP contribution in [0.15, 0.2) is 6.33 Å². The average molecular weight is 268 g/mol. The van der Waals surface area contributed by atoms with Crippen molar-refractivity contribution >= 4 is 17.4 Å². The maximum atomic E-state index is 6.12. The first-order valence-corrected chi connectivity index (χ1v) is 7.27. The highest BCUT2D eigenvalue weighted by Crippen LogP contribution is 2.32. The van der Waals surface area contributed by atoms with Gasteiger partial charge in [-0.1, -0.05) is 45.2 Å². The van der Waals surface area contributed by atoms with E-state index in [0.29, 0.717) is 17.1 Å². The fourth-order valence-electron chi connectivity index (χ4n) is 2.79. The molecule has 100 valence electrons. The van der Waals surface area contributed by atoms with Crippen LogP contribution >= 0.6 is 11.6 Å². The van der Waals surface area contributed by atoms with Gasteiger partial charge in [-0.3, -0.25) is 0 Å². The van der Waals surface area contributed by atoms with Gasteiger partial charge in [-0.25, -0.2) is 9.97 Å². The van der Waals surface area contributed by atoms with Gasteiger partial charge in [-0.15, -0.1) is 0 Å². The molecule has 1 aliphatic carbocycles. The van der Waals surface area contributed by atoms with Crippen LogP contribution in [-0.4, -0.2) is 16.0 Å². The molecule has 1 aromatic rings. The average Bonchev–Trinajstić information content (AvgIpc) is 2.35. The minimum absolute atomic E-state index is 0.505. The Balaban J connectivity index is 2.16. The lowest BCUT2D eigenvalue weighted by atomic mass is 9.78. The molecule has 1 fully saturated rings. The van der Waals surface area contributed by atoms with Crippen molar-refractivity contribution in [1.82, 2.24) is 9.97 Å². The Labute approximate surface area is 114 Å². The van der Waals surface area contributed by atoms with Crippen LogP contribution in [0.5, 0.6) is 0 Å². The van der Waals surface area contributed by atoms with Crippen molar-refractivity contribution in [2.75, 3.05) is 5.32 Å². The highest BCUT2D eigenvalue weighted by molar-refractivity contribution is 6.30. The molecule has 0 spiro atoms. The lowest BCUT2D eigenvalue weighted by molar-refractivity contribution is 0.252. The molecule has 1 saturated carbocycles. The molecule has 2 rings (SSSR count). The van der Waals surface area contributed by atoms with Crippen molar-refractivity contribution < 1.29 is 0 Å². The van der Waals surface area contributed by atoms with Crippen molar-refractivity contribution in [3.05, 3.63) is 17.0 Å². The summed E-state index contributed by atoms with van der Waals surface area (Å²) in [5.41, 5.74) is 1.03. The van der Waals surface area contributed by atoms with Crippen molar-refractivity contribution in [1.29, 1.82) is 0 Å². The predicted molar refractivity (Wildman–Crippen MR) is 76.0 cm³/mol. The molecule has 1 aromatic heterocycles. The second kappa shape index (κ2) is 5.87. The lowest BCUT2D eigenvalue weighted by Gasteiger charge is -2.35. The van der Waals surface area contributed by atoms with Crippen LogP contribution in [0.1, 0.15) is 45.6 Å². The summed E-state index contributed by atoms with van der Waals surface area (Å²) in [5, 5.41) is 4.16. The molecule has 3 unspecified atom stereocenters. The Morgan fingerprint density at radius 1 is 1.33 bits per heavy atom. The van der Waals surface area contributed by atoms with Crippen LogP contribution in [0.3, 0.4) is 0 Å². The first kappa shape index (κ1) is 13.6. The molecule has 1 aliphatic rings. The van der Waals surface area contributed by atoms with E-state index >= 15 is 0 Å². The molecular weight excluding hydrogens is 246 g/mol. The normalized spacial score (nSPS) is 28.1. The monoisotopic (exact) mass is 267 g/mol. The Kier molecular flexibility index (Phi) is 4.44. The minimum Gasteiger partial charge on any atom is -0.367 e. The second-order valence-electron chi connectivity index (χ2n) is 5.36. The molecule has 0 saturated heterocycles. The van der Waals surface area contributed by atoms with Crippen LogP contribution in [0.2, 0.25) is 5.15 Å². The summed E-state index contributed by atoms with van der Waals surface area (Å²) in [5.74, 6) is 2.37. The molecule has 0 amide bonds. The van der Waals surface area contributed by atoms with E-state index in [1.54, 1.807) is 6.33 Å². The summed E-state index contributed by atoms with van der Waals surface area (Å²) in [6.45, 7) is 6.75. The maximum Gasteiger partial charge on any atom is 0.137 e. The fraction of sp³-hybridized carbons (Fsp3) is 0.714. The Hall–Kier alpha value is -0.830. The Morgan fingerprint density at radius 2 is 2.11 bits per heavy atom. The maximum absolute atomic E-state index is 6.12. The quantitative estimate of drug-likeness (QED) is 0.844. The largest absolute Gasteiger partial charge is 0.367 e. The third-order valence-electron chi connectivity index (χ3n) is 4.28. The van der Waals surface area contributed by atoms with Gasteiger partial charge >= 0.3 is 0 Å². The topological polar surface area (TPSA) is 37.8 Å². The first-order valence-electron chi connectivity index (χ1n) is 6.89. The Bertz CT molecular complexity index is 408. The summed E-state index contributed by atoms with van der Waals surface area (Å²) in [6.07, 6.45) is 6.25. The molecule has 1 N–H and O–H groups in total. The van der Waals surface area contributed by atoms with Gasteiger partial charge in [0.1, 0.15) is 17.3 Å². The smallest absolute Gasteiger partial charge is 0.137 e. The molecular formula is C14H22ClN3. The molecule has 3 atom stereocenters. The minimum atomic E-state index is 0.505. The van der Waals surface area contributed by atoms with E-state index in [0.717, 1.165) is 23.7 Å². The lowest BCUT2D eigenvalue weighted by Crippen LogP contribution is -2.35. The summed E-state index contributed by atoms with van der Waals surface area (Å²) in [6, 6.07) is 0.505. The van der Waals surface area contributed by atoms with E-state index in [1.807, 2.05) is 0 Å². The highest BCUT2D eigenvalue weighted by Gasteiger charge is 2.27. The zero-order valence-electron chi connectivity index (χ0n) is 11.4. The molecule has 0 aromatic carbocycles. The number of rotatable bonds is 3. The standard InChI is InChI=1S/C14H22ClN3/c1-4-11-13(15)16-8-17-14(11)18-12-7-5-6-9(2)10(12)3/h8-10,12H,4-7H2,1-3H3,(H,16,17,18). The van der Waals surface area contributed by atoms with E-state index in [9.17, 15) is 0 Å². The van der Waals surface area contributed by atoms with Gasteiger partial charge in [0.05, 0.1) is 0 Å². The number of halogens is 1. The third-order valence-corrected chi connectivity index (χ3v) is 4.60. The third kappa shape index (κ3) is 2.77. The Morgan fingerprint density at radius 3 is 2.83 bits per heavy atom. The van der Waals surface area contributed by atoms with Gasteiger partial charge in [-0.2, -0.15) is 0 Å². The molecule has 0 bridgehead atoms. The predicted octanol–water partition coefficient (Wildman–Crippen LogP) is 3.93. The van der Waals surface area contributed by atoms with Crippen molar-refractivity contribution in [3.8, 4) is 0 Å². The number of hydrogen-bond acceptors (Lipinski definition) is 3. The molecule has 4 heteroatoms. The van der Waals surface area contributed by atoms with E-state index < -0.39 is 0 Å². The number of hydrogen-bond donors (Lipinski definition) is 1. The molecule has 3 nitrogen and oxygen atoms in total. The van der Waals surface area contributed by atoms with Gasteiger partial charge in [-0.05, 0) is 24.7 Å². The van der Waals surface area contributed by atoms with Gasteiger partial charge in [0.15, 0.2) is 0 Å². The van der Waals surface area contributed by atoms with E-state index in [2.05, 4.69) is 36.1 Å². The summed E-state index contributed by atoms with van der Waals surface area (Å²) < 4.78 is 0. The number of aromatic nitrogens is 2. The van der Waals surface area contributed by atoms with Crippen LogP contribution in [0, 0.1) is 11.8 Å². The molecule has 0 aliphatic heterocycles. The molecule has 1 heterocycles. The zero-order chi connectivity index (χ0) is 13.1. The number of anilines is 1. The van der Waals surface area contributed by atoms with E-state index in [4.69, 9.17) is 11.6 Å². The van der Waals surface area contributed by atoms with Crippen molar-refractivity contribution in [2.45, 2.75) is 52.5 Å². The van der Waals surface area contributed by atoms with Gasteiger partial charge < -0.3 is 5.32 Å². The van der Waals surface area contributed by atoms with Crippen LogP contribution in [-0.2, 0) is 6.42 Å². The van der Waals surface area contributed by atoms with Crippen molar-refractivity contribution in [2.24, 2.45) is 11.8 Å². The summed E-state index contributed by atoms with van der Waals surface area (Å²) in [4.78, 5) is 8.41. The molecule has 18 heavy (non-hydrogen) atoms. The first-order chi connectivity index (χ1) is 8.63. The highest BCUT2D eigenvalue weighted by atomic mass is 35.5. The van der Waals surface area contributed by atoms with Gasteiger partial charge in [0, 0.05) is 11.6 Å². The summed E-state index contributed by atoms with van der Waals surface area (Å²) in [7, 11) is 0. The second-order valence-corrected chi connectivity index (χ2v) is 5.72. The van der Waals surface area contributed by atoms with Crippen LogP contribution in [0.25, 0.3) is 0 Å². The SMILES string of the molecule is CCc1c(Cl)ncnc1NC1CCCC(C)C1C.